The number of halogens is 2. The molecule has 2 N–H and O–H groups in total. The molecule has 0 atom stereocenters. The lowest BCUT2D eigenvalue weighted by Gasteiger charge is -2.29. The molecule has 0 bridgehead atoms. The second-order valence-electron chi connectivity index (χ2n) is 7.57. The number of benzene rings is 1. The van der Waals surface area contributed by atoms with Gasteiger partial charge in [-0.3, -0.25) is 0 Å². The van der Waals surface area contributed by atoms with Gasteiger partial charge >= 0.3 is 6.09 Å². The zero-order valence-corrected chi connectivity index (χ0v) is 16.8. The number of carbonyl (C=O) groups is 1. The van der Waals surface area contributed by atoms with Gasteiger partial charge in [0.2, 0.25) is 0 Å². The monoisotopic (exact) mass is 404 g/mol. The van der Waals surface area contributed by atoms with Gasteiger partial charge in [-0.1, -0.05) is 23.7 Å². The summed E-state index contributed by atoms with van der Waals surface area (Å²) in [6, 6.07) is 6.30. The van der Waals surface area contributed by atoms with Gasteiger partial charge in [-0.05, 0) is 56.5 Å². The fraction of sp³-hybridized carbons (Fsp3) is 0.350. The SMILES string of the molecule is CC(C)(C)OC(=O)N1CC=C(c2ccc(F)c(-c3cc(Cl)nnc3N)c2)CC1. The minimum absolute atomic E-state index is 0.106. The molecular formula is C20H22ClFN4O2. The molecular weight excluding hydrogens is 383 g/mol. The van der Waals surface area contributed by atoms with E-state index in [0.29, 0.717) is 30.6 Å². The lowest BCUT2D eigenvalue weighted by molar-refractivity contribution is 0.0270. The maximum atomic E-state index is 14.4. The summed E-state index contributed by atoms with van der Waals surface area (Å²) in [5, 5.41) is 7.56. The van der Waals surface area contributed by atoms with Crippen molar-refractivity contribution in [3.8, 4) is 11.1 Å². The van der Waals surface area contributed by atoms with E-state index < -0.39 is 11.4 Å². The molecule has 0 aliphatic carbocycles. The Balaban J connectivity index is 1.84. The van der Waals surface area contributed by atoms with Gasteiger partial charge in [0.05, 0.1) is 0 Å². The van der Waals surface area contributed by atoms with Crippen LogP contribution in [0.4, 0.5) is 15.0 Å². The molecule has 1 aromatic heterocycles. The first-order chi connectivity index (χ1) is 13.1. The molecule has 2 heterocycles. The molecule has 1 aromatic carbocycles. The van der Waals surface area contributed by atoms with E-state index >= 15 is 0 Å². The van der Waals surface area contributed by atoms with E-state index in [9.17, 15) is 9.18 Å². The van der Waals surface area contributed by atoms with Crippen LogP contribution in [0.15, 0.2) is 30.3 Å². The minimum atomic E-state index is -0.535. The van der Waals surface area contributed by atoms with Crippen LogP contribution in [0, 0.1) is 5.82 Å². The molecule has 28 heavy (non-hydrogen) atoms. The first-order valence-corrected chi connectivity index (χ1v) is 9.28. The van der Waals surface area contributed by atoms with Crippen molar-refractivity contribution in [2.45, 2.75) is 32.8 Å². The number of hydrogen-bond acceptors (Lipinski definition) is 5. The molecule has 1 amide bonds. The summed E-state index contributed by atoms with van der Waals surface area (Å²) in [4.78, 5) is 13.8. The van der Waals surface area contributed by atoms with Crippen molar-refractivity contribution in [1.82, 2.24) is 15.1 Å². The molecule has 1 aliphatic heterocycles. The number of ether oxygens (including phenoxy) is 1. The number of nitrogens with zero attached hydrogens (tertiary/aromatic N) is 3. The Morgan fingerprint density at radius 3 is 2.64 bits per heavy atom. The van der Waals surface area contributed by atoms with E-state index in [4.69, 9.17) is 22.1 Å². The third kappa shape index (κ3) is 4.59. The fourth-order valence-electron chi connectivity index (χ4n) is 2.95. The second kappa shape index (κ2) is 7.75. The number of rotatable bonds is 2. The van der Waals surface area contributed by atoms with Crippen molar-refractivity contribution in [1.29, 1.82) is 0 Å². The molecule has 0 radical (unpaired) electrons. The molecule has 2 aromatic rings. The van der Waals surface area contributed by atoms with Crippen molar-refractivity contribution in [3.05, 3.63) is 46.9 Å². The van der Waals surface area contributed by atoms with Crippen molar-refractivity contribution < 1.29 is 13.9 Å². The van der Waals surface area contributed by atoms with E-state index in [0.717, 1.165) is 11.1 Å². The Labute approximate surface area is 168 Å². The summed E-state index contributed by atoms with van der Waals surface area (Å²) in [6.45, 7) is 6.46. The molecule has 6 nitrogen and oxygen atoms in total. The topological polar surface area (TPSA) is 81.3 Å². The molecule has 0 saturated carbocycles. The van der Waals surface area contributed by atoms with Crippen LogP contribution in [-0.4, -0.2) is 39.9 Å². The highest BCUT2D eigenvalue weighted by Gasteiger charge is 2.24. The zero-order chi connectivity index (χ0) is 20.5. The maximum absolute atomic E-state index is 14.4. The van der Waals surface area contributed by atoms with Gasteiger partial charge in [-0.2, -0.15) is 0 Å². The predicted molar refractivity (Wildman–Crippen MR) is 107 cm³/mol. The summed E-state index contributed by atoms with van der Waals surface area (Å²) in [5.74, 6) is -0.319. The highest BCUT2D eigenvalue weighted by atomic mass is 35.5. The highest BCUT2D eigenvalue weighted by Crippen LogP contribution is 2.32. The number of aromatic nitrogens is 2. The number of anilines is 1. The third-order valence-electron chi connectivity index (χ3n) is 4.28. The molecule has 3 rings (SSSR count). The summed E-state index contributed by atoms with van der Waals surface area (Å²) in [7, 11) is 0. The third-order valence-corrected chi connectivity index (χ3v) is 4.47. The van der Waals surface area contributed by atoms with Gasteiger partial charge in [0, 0.05) is 24.2 Å². The van der Waals surface area contributed by atoms with Gasteiger partial charge in [0.25, 0.3) is 0 Å². The summed E-state index contributed by atoms with van der Waals surface area (Å²) in [6.07, 6.45) is 2.24. The smallest absolute Gasteiger partial charge is 0.410 e. The Bertz CT molecular complexity index is 940. The minimum Gasteiger partial charge on any atom is -0.444 e. The van der Waals surface area contributed by atoms with Crippen molar-refractivity contribution in [2.24, 2.45) is 0 Å². The molecule has 1 aliphatic rings. The number of carbonyl (C=O) groups excluding carboxylic acids is 1. The van der Waals surface area contributed by atoms with E-state index in [2.05, 4.69) is 10.2 Å². The van der Waals surface area contributed by atoms with E-state index in [1.807, 2.05) is 26.8 Å². The average Bonchev–Trinajstić information content (AvgIpc) is 2.63. The molecule has 0 saturated heterocycles. The Kier molecular flexibility index (Phi) is 5.56. The van der Waals surface area contributed by atoms with Gasteiger partial charge in [-0.15, -0.1) is 10.2 Å². The first-order valence-electron chi connectivity index (χ1n) is 8.90. The molecule has 148 valence electrons. The largest absolute Gasteiger partial charge is 0.444 e. The van der Waals surface area contributed by atoms with E-state index in [-0.39, 0.29) is 17.1 Å². The Morgan fingerprint density at radius 1 is 1.25 bits per heavy atom. The van der Waals surface area contributed by atoms with Crippen LogP contribution in [0.5, 0.6) is 0 Å². The van der Waals surface area contributed by atoms with Crippen LogP contribution in [0.1, 0.15) is 32.8 Å². The van der Waals surface area contributed by atoms with E-state index in [1.54, 1.807) is 17.0 Å². The van der Waals surface area contributed by atoms with Gasteiger partial charge < -0.3 is 15.4 Å². The van der Waals surface area contributed by atoms with Crippen molar-refractivity contribution >= 4 is 29.1 Å². The lowest BCUT2D eigenvalue weighted by Crippen LogP contribution is -2.39. The standard InChI is InChI=1S/C20H22ClFN4O2/c1-20(2,3)28-19(27)26-8-6-12(7-9-26)13-4-5-16(22)14(10-13)15-11-17(21)24-25-18(15)23/h4-6,10-11H,7-9H2,1-3H3,(H2,23,25). The molecule has 0 unspecified atom stereocenters. The quantitative estimate of drug-likeness (QED) is 0.794. The lowest BCUT2D eigenvalue weighted by atomic mass is 9.95. The van der Waals surface area contributed by atoms with Gasteiger partial charge in [-0.25, -0.2) is 9.18 Å². The Morgan fingerprint density at radius 2 is 2.00 bits per heavy atom. The number of nitrogen functional groups attached to an aromatic ring is 1. The summed E-state index contributed by atoms with van der Waals surface area (Å²) >= 11 is 5.89. The highest BCUT2D eigenvalue weighted by molar-refractivity contribution is 6.29. The van der Waals surface area contributed by atoms with Crippen molar-refractivity contribution in [2.75, 3.05) is 18.8 Å². The van der Waals surface area contributed by atoms with Gasteiger partial charge in [0.1, 0.15) is 11.4 Å². The van der Waals surface area contributed by atoms with Crippen molar-refractivity contribution in [3.63, 3.8) is 0 Å². The van der Waals surface area contributed by atoms with Crippen LogP contribution < -0.4 is 5.73 Å². The summed E-state index contributed by atoms with van der Waals surface area (Å²) in [5.41, 5.74) is 7.89. The first kappa shape index (κ1) is 20.1. The molecule has 0 fully saturated rings. The van der Waals surface area contributed by atoms with E-state index in [1.165, 1.54) is 12.1 Å². The van der Waals surface area contributed by atoms with Crippen LogP contribution >= 0.6 is 11.6 Å². The maximum Gasteiger partial charge on any atom is 0.410 e. The zero-order valence-electron chi connectivity index (χ0n) is 16.0. The number of amides is 1. The normalized spacial score (nSPS) is 14.6. The second-order valence-corrected chi connectivity index (χ2v) is 7.95. The predicted octanol–water partition coefficient (Wildman–Crippen LogP) is 4.54. The number of hydrogen-bond donors (Lipinski definition) is 1. The van der Waals surface area contributed by atoms with Crippen LogP contribution in [-0.2, 0) is 4.74 Å². The van der Waals surface area contributed by atoms with Gasteiger partial charge in [0.15, 0.2) is 11.0 Å². The van der Waals surface area contributed by atoms with Crippen LogP contribution in [0.25, 0.3) is 16.7 Å². The molecule has 0 spiro atoms. The molecule has 8 heteroatoms. The van der Waals surface area contributed by atoms with Crippen LogP contribution in [0.3, 0.4) is 0 Å². The Hall–Kier alpha value is -2.67. The van der Waals surface area contributed by atoms with Crippen LogP contribution in [0.2, 0.25) is 5.15 Å². The number of nitrogens with two attached hydrogens (primary N) is 1. The summed E-state index contributed by atoms with van der Waals surface area (Å²) < 4.78 is 19.8. The average molecular weight is 405 g/mol. The fourth-order valence-corrected chi connectivity index (χ4v) is 3.10.